The number of morpholine rings is 1. The minimum absolute atomic E-state index is 0.527. The second kappa shape index (κ2) is 21.9. The molecule has 1 heterocycles. The van der Waals surface area contributed by atoms with Gasteiger partial charge in [0.1, 0.15) is 0 Å². The van der Waals surface area contributed by atoms with Gasteiger partial charge in [0.2, 0.25) is 0 Å². The molecule has 2 rings (SSSR count). The molecule has 0 aromatic carbocycles. The van der Waals surface area contributed by atoms with E-state index in [1.54, 1.807) is 0 Å². The number of aliphatic imine (C=N–C) groups is 4. The summed E-state index contributed by atoms with van der Waals surface area (Å²) in [4.78, 5) is 18.2. The fraction of sp³-hybridized carbons (Fsp3) is 0.905. The number of rotatable bonds is 7. The van der Waals surface area contributed by atoms with Gasteiger partial charge in [-0.3, -0.25) is 0 Å². The van der Waals surface area contributed by atoms with Gasteiger partial charge < -0.3 is 15.0 Å². The maximum atomic E-state index is 5.01. The molecule has 1 saturated heterocycles. The van der Waals surface area contributed by atoms with E-state index >= 15 is 0 Å². The van der Waals surface area contributed by atoms with Gasteiger partial charge in [-0.25, -0.2) is 20.0 Å². The van der Waals surface area contributed by atoms with Crippen molar-refractivity contribution in [2.45, 2.75) is 58.4 Å². The summed E-state index contributed by atoms with van der Waals surface area (Å²) in [6, 6.07) is 5.92. The van der Waals surface area contributed by atoms with Crippen molar-refractivity contribution in [1.82, 2.24) is 10.2 Å². The topological polar surface area (TPSA) is 73.9 Å². The third-order valence-electron chi connectivity index (χ3n) is 4.06. The maximum Gasteiger partial charge on any atom is 0.0895 e. The molecule has 2 fully saturated rings. The second-order valence-corrected chi connectivity index (χ2v) is 6.97. The molecule has 1 saturated carbocycles. The van der Waals surface area contributed by atoms with E-state index in [-0.39, 0.29) is 0 Å². The quantitative estimate of drug-likeness (QED) is 0.532. The summed E-state index contributed by atoms with van der Waals surface area (Å²) in [5.41, 5.74) is 0. The van der Waals surface area contributed by atoms with Gasteiger partial charge in [-0.05, 0) is 53.8 Å². The van der Waals surface area contributed by atoms with Gasteiger partial charge in [0.15, 0.2) is 0 Å². The molecule has 0 aromatic rings. The molecule has 0 bridgehead atoms. The minimum Gasteiger partial charge on any atom is -0.379 e. The van der Waals surface area contributed by atoms with Crippen molar-refractivity contribution in [3.8, 4) is 0 Å². The average Bonchev–Trinajstić information content (AvgIpc) is 2.74. The molecule has 162 valence electrons. The zero-order valence-corrected chi connectivity index (χ0v) is 18.6. The van der Waals surface area contributed by atoms with E-state index in [0.29, 0.717) is 6.04 Å². The molecule has 28 heavy (non-hydrogen) atoms. The van der Waals surface area contributed by atoms with Crippen LogP contribution in [0, 0.1) is 0 Å². The fourth-order valence-electron chi connectivity index (χ4n) is 2.56. The van der Waals surface area contributed by atoms with E-state index in [1.165, 1.54) is 32.1 Å². The van der Waals surface area contributed by atoms with Gasteiger partial charge in [0.05, 0.1) is 37.8 Å². The molecule has 0 amide bonds. The normalized spacial score (nSPS) is 16.3. The summed E-state index contributed by atoms with van der Waals surface area (Å²) in [6.45, 7) is 11.3. The molecule has 7 heteroatoms. The van der Waals surface area contributed by atoms with Gasteiger partial charge in [0, 0.05) is 26.2 Å². The molecule has 0 atom stereocenters. The molecular formula is C21H42N6O. The first-order valence-electron chi connectivity index (χ1n) is 10.8. The monoisotopic (exact) mass is 394 g/mol. The molecular weight excluding hydrogens is 352 g/mol. The predicted octanol–water partition coefficient (Wildman–Crippen LogP) is 3.25. The summed E-state index contributed by atoms with van der Waals surface area (Å²) in [7, 11) is 4.12. The van der Waals surface area contributed by atoms with Crippen LogP contribution in [0.2, 0.25) is 0 Å². The van der Waals surface area contributed by atoms with Crippen molar-refractivity contribution in [2.75, 3.05) is 66.6 Å². The van der Waals surface area contributed by atoms with Crippen LogP contribution in [0.1, 0.15) is 52.4 Å². The van der Waals surface area contributed by atoms with E-state index in [4.69, 9.17) is 4.74 Å². The molecule has 7 nitrogen and oxygen atoms in total. The van der Waals surface area contributed by atoms with Crippen molar-refractivity contribution in [3.05, 3.63) is 0 Å². The van der Waals surface area contributed by atoms with Crippen molar-refractivity contribution in [3.63, 3.8) is 0 Å². The number of hydrogen-bond acceptors (Lipinski definition) is 7. The molecule has 0 spiro atoms. The van der Waals surface area contributed by atoms with Crippen molar-refractivity contribution >= 4 is 12.0 Å². The van der Waals surface area contributed by atoms with Crippen LogP contribution >= 0.6 is 0 Å². The number of hydrogen-bond donors (Lipinski definition) is 1. The Balaban J connectivity index is 0.000000407. The van der Waals surface area contributed by atoms with E-state index in [9.17, 15) is 0 Å². The van der Waals surface area contributed by atoms with Crippen molar-refractivity contribution in [2.24, 2.45) is 20.0 Å². The SMILES string of the molecule is C1COCCN1.CCN=C=NC1CCCCC1.CCN=C=NCCCN(C)C. The highest BCUT2D eigenvalue weighted by Crippen LogP contribution is 2.19. The molecule has 0 radical (unpaired) electrons. The Hall–Kier alpha value is -1.36. The van der Waals surface area contributed by atoms with Gasteiger partial charge in [-0.2, -0.15) is 0 Å². The molecule has 1 aliphatic heterocycles. The minimum atomic E-state index is 0.527. The Bertz CT molecular complexity index is 432. The first-order chi connectivity index (χ1) is 13.7. The number of nitrogens with one attached hydrogen (secondary N) is 1. The fourth-order valence-corrected chi connectivity index (χ4v) is 2.56. The lowest BCUT2D eigenvalue weighted by Crippen LogP contribution is -2.30. The van der Waals surface area contributed by atoms with Gasteiger partial charge in [0.25, 0.3) is 0 Å². The van der Waals surface area contributed by atoms with Crippen molar-refractivity contribution < 1.29 is 4.74 Å². The van der Waals surface area contributed by atoms with Crippen LogP contribution in [0.15, 0.2) is 20.0 Å². The van der Waals surface area contributed by atoms with Crippen LogP contribution in [0.3, 0.4) is 0 Å². The van der Waals surface area contributed by atoms with E-state index < -0.39 is 0 Å². The highest BCUT2D eigenvalue weighted by Gasteiger charge is 2.10. The molecule has 1 N–H and O–H groups in total. The standard InChI is InChI=1S/C9H16N2.C8H17N3.C4H9NO/c1-2-10-8-11-9-6-4-3-5-7-9;1-4-9-8-10-6-5-7-11(2)3;1-3-6-4-2-5-1/h9H,2-7H2,1H3;4-7H2,1-3H3;5H,1-4H2. The molecule has 0 unspecified atom stereocenters. The summed E-state index contributed by atoms with van der Waals surface area (Å²) in [5.74, 6) is 0. The highest BCUT2D eigenvalue weighted by atomic mass is 16.5. The van der Waals surface area contributed by atoms with E-state index in [2.05, 4.69) is 56.3 Å². The van der Waals surface area contributed by atoms with Gasteiger partial charge >= 0.3 is 0 Å². The zero-order chi connectivity index (χ0) is 20.7. The summed E-state index contributed by atoms with van der Waals surface area (Å²) >= 11 is 0. The predicted molar refractivity (Wildman–Crippen MR) is 119 cm³/mol. The highest BCUT2D eigenvalue weighted by molar-refractivity contribution is 5.41. The first kappa shape index (κ1) is 26.6. The lowest BCUT2D eigenvalue weighted by molar-refractivity contribution is 0.109. The van der Waals surface area contributed by atoms with Crippen LogP contribution in [0.5, 0.6) is 0 Å². The largest absolute Gasteiger partial charge is 0.379 e. The average molecular weight is 395 g/mol. The molecule has 0 aromatic heterocycles. The molecule has 2 aliphatic rings. The van der Waals surface area contributed by atoms with Crippen LogP contribution in [-0.2, 0) is 4.74 Å². The Morgan fingerprint density at radius 3 is 2.07 bits per heavy atom. The summed E-state index contributed by atoms with van der Waals surface area (Å²) in [5, 5.41) is 3.16. The Morgan fingerprint density at radius 1 is 0.929 bits per heavy atom. The van der Waals surface area contributed by atoms with Crippen LogP contribution in [0.4, 0.5) is 0 Å². The third kappa shape index (κ3) is 20.9. The van der Waals surface area contributed by atoms with Crippen LogP contribution in [0.25, 0.3) is 0 Å². The van der Waals surface area contributed by atoms with E-state index in [1.807, 2.05) is 13.8 Å². The van der Waals surface area contributed by atoms with E-state index in [0.717, 1.165) is 58.9 Å². The van der Waals surface area contributed by atoms with Gasteiger partial charge in [-0.15, -0.1) is 0 Å². The smallest absolute Gasteiger partial charge is 0.0895 e. The van der Waals surface area contributed by atoms with Crippen LogP contribution in [-0.4, -0.2) is 89.5 Å². The maximum absolute atomic E-state index is 5.01. The first-order valence-corrected chi connectivity index (χ1v) is 10.8. The Labute approximate surface area is 172 Å². The van der Waals surface area contributed by atoms with Crippen molar-refractivity contribution in [1.29, 1.82) is 0 Å². The van der Waals surface area contributed by atoms with Gasteiger partial charge in [-0.1, -0.05) is 19.3 Å². The lowest BCUT2D eigenvalue weighted by Gasteiger charge is -2.15. The lowest BCUT2D eigenvalue weighted by atomic mass is 9.96. The van der Waals surface area contributed by atoms with Crippen LogP contribution < -0.4 is 5.32 Å². The number of nitrogens with zero attached hydrogens (tertiary/aromatic N) is 5. The second-order valence-electron chi connectivity index (χ2n) is 6.97. The Morgan fingerprint density at radius 2 is 1.57 bits per heavy atom. The summed E-state index contributed by atoms with van der Waals surface area (Å²) in [6.07, 6.45) is 7.62. The third-order valence-corrected chi connectivity index (χ3v) is 4.06. The number of ether oxygens (including phenoxy) is 1. The summed E-state index contributed by atoms with van der Waals surface area (Å²) < 4.78 is 5.01. The zero-order valence-electron chi connectivity index (χ0n) is 18.6. The molecule has 1 aliphatic carbocycles. The Kier molecular flexibility index (Phi) is 20.9.